The van der Waals surface area contributed by atoms with Gasteiger partial charge < -0.3 is 14.7 Å². The molecule has 1 aromatic carbocycles. The number of hydrogen-bond donors (Lipinski definition) is 1. The van der Waals surface area contributed by atoms with Crippen molar-refractivity contribution in [1.29, 1.82) is 0 Å². The fourth-order valence-electron chi connectivity index (χ4n) is 3.22. The molecule has 1 heterocycles. The van der Waals surface area contributed by atoms with Gasteiger partial charge in [0.1, 0.15) is 5.72 Å². The van der Waals surface area contributed by atoms with Crippen molar-refractivity contribution in [2.75, 3.05) is 6.54 Å². The zero-order chi connectivity index (χ0) is 13.5. The van der Waals surface area contributed by atoms with E-state index in [-0.39, 0.29) is 18.1 Å². The lowest BCUT2D eigenvalue weighted by atomic mass is 10.1. The van der Waals surface area contributed by atoms with E-state index in [0.29, 0.717) is 24.9 Å². The van der Waals surface area contributed by atoms with E-state index in [2.05, 4.69) is 0 Å². The van der Waals surface area contributed by atoms with E-state index in [1.54, 1.807) is 0 Å². The molecule has 0 bridgehead atoms. The van der Waals surface area contributed by atoms with Crippen LogP contribution < -0.4 is 0 Å². The summed E-state index contributed by atoms with van der Waals surface area (Å²) in [4.78, 5) is 14.4. The molecular formula is C15H19NO3. The Morgan fingerprint density at radius 2 is 2.16 bits per heavy atom. The van der Waals surface area contributed by atoms with Crippen LogP contribution in [-0.4, -0.2) is 40.4 Å². The van der Waals surface area contributed by atoms with Crippen molar-refractivity contribution in [3.63, 3.8) is 0 Å². The molecule has 4 nitrogen and oxygen atoms in total. The number of aliphatic hydroxyl groups is 1. The number of hydrogen-bond acceptors (Lipinski definition) is 3. The summed E-state index contributed by atoms with van der Waals surface area (Å²) in [6.07, 6.45) is 1.60. The third kappa shape index (κ3) is 2.15. The molecule has 3 atom stereocenters. The minimum Gasteiger partial charge on any atom is -0.393 e. The second-order valence-electron chi connectivity index (χ2n) is 5.55. The second-order valence-corrected chi connectivity index (χ2v) is 5.55. The zero-order valence-corrected chi connectivity index (χ0v) is 11.1. The molecule has 1 saturated carbocycles. The minimum atomic E-state index is -0.592. The molecule has 3 rings (SSSR count). The summed E-state index contributed by atoms with van der Waals surface area (Å²) in [5, 5.41) is 9.79. The van der Waals surface area contributed by atoms with Gasteiger partial charge in [0.15, 0.2) is 0 Å². The van der Waals surface area contributed by atoms with E-state index in [9.17, 15) is 9.90 Å². The molecule has 102 valence electrons. The van der Waals surface area contributed by atoms with Crippen molar-refractivity contribution in [2.24, 2.45) is 0 Å². The first-order valence-corrected chi connectivity index (χ1v) is 6.84. The lowest BCUT2D eigenvalue weighted by Crippen LogP contribution is -2.46. The number of amides is 1. The van der Waals surface area contributed by atoms with Crippen molar-refractivity contribution in [1.82, 2.24) is 4.90 Å². The molecule has 0 aromatic heterocycles. The smallest absolute Gasteiger partial charge is 0.256 e. The number of ether oxygens (including phenoxy) is 1. The van der Waals surface area contributed by atoms with Crippen molar-refractivity contribution in [3.05, 3.63) is 35.9 Å². The van der Waals surface area contributed by atoms with Crippen LogP contribution in [0.3, 0.4) is 0 Å². The summed E-state index contributed by atoms with van der Waals surface area (Å²) in [7, 11) is 0. The Bertz CT molecular complexity index is 472. The van der Waals surface area contributed by atoms with Crippen LogP contribution in [0.15, 0.2) is 30.3 Å². The monoisotopic (exact) mass is 261 g/mol. The summed E-state index contributed by atoms with van der Waals surface area (Å²) in [6, 6.07) is 9.28. The maximum atomic E-state index is 12.6. The molecule has 1 aromatic rings. The van der Waals surface area contributed by atoms with Gasteiger partial charge in [-0.05, 0) is 31.9 Å². The van der Waals surface area contributed by atoms with E-state index in [1.165, 1.54) is 0 Å². The van der Waals surface area contributed by atoms with Gasteiger partial charge >= 0.3 is 0 Å². The molecule has 0 radical (unpaired) electrons. The average molecular weight is 261 g/mol. The Labute approximate surface area is 113 Å². The maximum absolute atomic E-state index is 12.6. The summed E-state index contributed by atoms with van der Waals surface area (Å²) in [5.74, 6) is -0.000880. The van der Waals surface area contributed by atoms with Gasteiger partial charge in [-0.25, -0.2) is 0 Å². The van der Waals surface area contributed by atoms with Gasteiger partial charge in [0, 0.05) is 18.5 Å². The van der Waals surface area contributed by atoms with Crippen LogP contribution in [-0.2, 0) is 4.74 Å². The third-order valence-corrected chi connectivity index (χ3v) is 4.04. The first-order chi connectivity index (χ1) is 9.11. The first-order valence-electron chi connectivity index (χ1n) is 6.84. The Kier molecular flexibility index (Phi) is 3.07. The SMILES string of the molecule is C[C@H]1CN(C(=O)c2ccccc2)C2(CC[C@@H](O)C2)O1. The molecule has 2 aliphatic rings. The molecular weight excluding hydrogens is 242 g/mol. The fourth-order valence-corrected chi connectivity index (χ4v) is 3.22. The van der Waals surface area contributed by atoms with Gasteiger partial charge in [-0.2, -0.15) is 0 Å². The number of benzene rings is 1. The van der Waals surface area contributed by atoms with Gasteiger partial charge in [-0.15, -0.1) is 0 Å². The molecule has 4 heteroatoms. The average Bonchev–Trinajstić information content (AvgIpc) is 2.93. The molecule has 1 saturated heterocycles. The number of nitrogens with zero attached hydrogens (tertiary/aromatic N) is 1. The van der Waals surface area contributed by atoms with Crippen molar-refractivity contribution in [2.45, 2.75) is 44.1 Å². The second kappa shape index (κ2) is 4.62. The van der Waals surface area contributed by atoms with Crippen molar-refractivity contribution in [3.8, 4) is 0 Å². The van der Waals surface area contributed by atoms with Crippen molar-refractivity contribution >= 4 is 5.91 Å². The topological polar surface area (TPSA) is 49.8 Å². The van der Waals surface area contributed by atoms with Gasteiger partial charge in [-0.1, -0.05) is 18.2 Å². The quantitative estimate of drug-likeness (QED) is 0.838. The number of rotatable bonds is 1. The molecule has 1 spiro atoms. The van der Waals surface area contributed by atoms with Crippen LogP contribution in [0.25, 0.3) is 0 Å². The molecule has 19 heavy (non-hydrogen) atoms. The fraction of sp³-hybridized carbons (Fsp3) is 0.533. The standard InChI is InChI=1S/C15H19NO3/c1-11-10-16(14(18)12-5-3-2-4-6-12)15(19-11)8-7-13(17)9-15/h2-6,11,13,17H,7-10H2,1H3/t11-,13+,15?/m0/s1. The highest BCUT2D eigenvalue weighted by Gasteiger charge is 2.52. The maximum Gasteiger partial charge on any atom is 0.256 e. The normalized spacial score (nSPS) is 34.1. The predicted molar refractivity (Wildman–Crippen MR) is 70.6 cm³/mol. The van der Waals surface area contributed by atoms with Gasteiger partial charge in [0.05, 0.1) is 12.2 Å². The van der Waals surface area contributed by atoms with E-state index in [0.717, 1.165) is 6.42 Å². The molecule has 1 aliphatic heterocycles. The zero-order valence-electron chi connectivity index (χ0n) is 11.1. The van der Waals surface area contributed by atoms with Crippen LogP contribution >= 0.6 is 0 Å². The summed E-state index contributed by atoms with van der Waals surface area (Å²) in [6.45, 7) is 2.57. The lowest BCUT2D eigenvalue weighted by Gasteiger charge is -2.33. The highest BCUT2D eigenvalue weighted by molar-refractivity contribution is 5.94. The van der Waals surface area contributed by atoms with E-state index < -0.39 is 5.72 Å². The molecule has 1 amide bonds. The largest absolute Gasteiger partial charge is 0.393 e. The van der Waals surface area contributed by atoms with Crippen LogP contribution in [0.1, 0.15) is 36.5 Å². The number of carbonyl (C=O) groups is 1. The summed E-state index contributed by atoms with van der Waals surface area (Å²) >= 11 is 0. The van der Waals surface area contributed by atoms with E-state index >= 15 is 0 Å². The van der Waals surface area contributed by atoms with Gasteiger partial charge in [0.25, 0.3) is 5.91 Å². The van der Waals surface area contributed by atoms with Crippen LogP contribution in [0, 0.1) is 0 Å². The Morgan fingerprint density at radius 1 is 1.42 bits per heavy atom. The first kappa shape index (κ1) is 12.6. The molecule has 1 N–H and O–H groups in total. The Morgan fingerprint density at radius 3 is 2.79 bits per heavy atom. The van der Waals surface area contributed by atoms with Gasteiger partial charge in [-0.3, -0.25) is 4.79 Å². The summed E-state index contributed by atoms with van der Waals surface area (Å²) in [5.41, 5.74) is 0.0899. The Hall–Kier alpha value is -1.39. The van der Waals surface area contributed by atoms with Crippen LogP contribution in [0.5, 0.6) is 0 Å². The highest BCUT2D eigenvalue weighted by Crippen LogP contribution is 2.42. The highest BCUT2D eigenvalue weighted by atomic mass is 16.5. The van der Waals surface area contributed by atoms with Crippen LogP contribution in [0.2, 0.25) is 0 Å². The molecule has 1 unspecified atom stereocenters. The third-order valence-electron chi connectivity index (χ3n) is 4.04. The summed E-state index contributed by atoms with van der Waals surface area (Å²) < 4.78 is 5.98. The van der Waals surface area contributed by atoms with Gasteiger partial charge in [0.2, 0.25) is 0 Å². The lowest BCUT2D eigenvalue weighted by molar-refractivity contribution is -0.0883. The van der Waals surface area contributed by atoms with Crippen LogP contribution in [0.4, 0.5) is 0 Å². The Balaban J connectivity index is 1.88. The minimum absolute atomic E-state index is 0.000880. The number of carbonyl (C=O) groups excluding carboxylic acids is 1. The molecule has 2 fully saturated rings. The predicted octanol–water partition coefficient (Wildman–Crippen LogP) is 1.79. The number of aliphatic hydroxyl groups excluding tert-OH is 1. The van der Waals surface area contributed by atoms with Crippen molar-refractivity contribution < 1.29 is 14.6 Å². The molecule has 1 aliphatic carbocycles. The van der Waals surface area contributed by atoms with E-state index in [4.69, 9.17) is 4.74 Å². The van der Waals surface area contributed by atoms with E-state index in [1.807, 2.05) is 42.2 Å².